The molecule has 8 nitrogen and oxygen atoms in total. The molecule has 3 aromatic rings. The lowest BCUT2D eigenvalue weighted by Crippen LogP contribution is -2.22. The van der Waals surface area contributed by atoms with Crippen molar-refractivity contribution in [3.63, 3.8) is 0 Å². The van der Waals surface area contributed by atoms with E-state index in [1.807, 2.05) is 17.5 Å². The van der Waals surface area contributed by atoms with Gasteiger partial charge in [0.15, 0.2) is 18.1 Å². The van der Waals surface area contributed by atoms with E-state index in [0.29, 0.717) is 27.6 Å². The van der Waals surface area contributed by atoms with Crippen LogP contribution in [-0.2, 0) is 25.5 Å². The number of ether oxygens (including phenoxy) is 4. The van der Waals surface area contributed by atoms with Crippen molar-refractivity contribution in [2.75, 3.05) is 32.8 Å². The summed E-state index contributed by atoms with van der Waals surface area (Å²) in [5, 5.41) is 6.69. The van der Waals surface area contributed by atoms with E-state index in [1.54, 1.807) is 30.5 Å². The van der Waals surface area contributed by atoms with Crippen molar-refractivity contribution >= 4 is 45.5 Å². The summed E-state index contributed by atoms with van der Waals surface area (Å²) in [5.41, 5.74) is 1.63. The first-order chi connectivity index (χ1) is 16.0. The number of hydrogen-bond donors (Lipinski definition) is 1. The number of rotatable bonds is 10. The fourth-order valence-corrected chi connectivity index (χ4v) is 4.77. The number of benzene rings is 1. The van der Waals surface area contributed by atoms with Crippen molar-refractivity contribution in [2.24, 2.45) is 0 Å². The molecule has 0 aliphatic heterocycles. The van der Waals surface area contributed by atoms with Gasteiger partial charge in [-0.2, -0.15) is 0 Å². The molecular weight excluding hydrogens is 466 g/mol. The lowest BCUT2D eigenvalue weighted by Gasteiger charge is -2.10. The number of nitrogens with one attached hydrogen (secondary N) is 1. The zero-order valence-electron chi connectivity index (χ0n) is 18.3. The summed E-state index contributed by atoms with van der Waals surface area (Å²) in [5.74, 6) is -0.618. The van der Waals surface area contributed by atoms with E-state index >= 15 is 0 Å². The van der Waals surface area contributed by atoms with Crippen LogP contribution in [0.1, 0.15) is 22.8 Å². The second-order valence-corrected chi connectivity index (χ2v) is 8.45. The molecule has 0 spiro atoms. The lowest BCUT2D eigenvalue weighted by atomic mass is 10.1. The van der Waals surface area contributed by atoms with E-state index in [9.17, 15) is 14.4 Å². The summed E-state index contributed by atoms with van der Waals surface area (Å²) >= 11 is 2.69. The van der Waals surface area contributed by atoms with E-state index in [2.05, 4.69) is 5.32 Å². The van der Waals surface area contributed by atoms with Crippen LogP contribution in [0.2, 0.25) is 0 Å². The second-order valence-electron chi connectivity index (χ2n) is 6.63. The van der Waals surface area contributed by atoms with Crippen molar-refractivity contribution in [3.05, 3.63) is 52.2 Å². The van der Waals surface area contributed by atoms with Crippen LogP contribution in [0.3, 0.4) is 0 Å². The van der Waals surface area contributed by atoms with Crippen molar-refractivity contribution in [1.29, 1.82) is 0 Å². The number of hydrogen-bond acceptors (Lipinski definition) is 9. The van der Waals surface area contributed by atoms with Crippen molar-refractivity contribution in [1.82, 2.24) is 0 Å². The third kappa shape index (κ3) is 6.11. The van der Waals surface area contributed by atoms with Gasteiger partial charge in [0.1, 0.15) is 10.6 Å². The summed E-state index contributed by atoms with van der Waals surface area (Å²) < 4.78 is 20.7. The number of amides is 1. The highest BCUT2D eigenvalue weighted by Gasteiger charge is 2.23. The first-order valence-corrected chi connectivity index (χ1v) is 11.7. The Kier molecular flexibility index (Phi) is 8.45. The summed E-state index contributed by atoms with van der Waals surface area (Å²) in [7, 11) is 3.03. The maximum Gasteiger partial charge on any atom is 0.341 e. The van der Waals surface area contributed by atoms with Gasteiger partial charge < -0.3 is 24.3 Å². The minimum absolute atomic E-state index is 0.0385. The maximum atomic E-state index is 12.5. The molecule has 0 unspecified atom stereocenters. The van der Waals surface area contributed by atoms with Crippen molar-refractivity contribution in [3.8, 4) is 21.9 Å². The van der Waals surface area contributed by atoms with Crippen LogP contribution in [0.4, 0.5) is 5.00 Å². The lowest BCUT2D eigenvalue weighted by molar-refractivity contribution is -0.146. The molecule has 2 aromatic heterocycles. The number of esters is 2. The quantitative estimate of drug-likeness (QED) is 0.422. The maximum absolute atomic E-state index is 12.5. The molecule has 3 rings (SSSR count). The Balaban J connectivity index is 1.63. The van der Waals surface area contributed by atoms with Crippen molar-refractivity contribution < 1.29 is 33.3 Å². The Hall–Kier alpha value is -3.37. The van der Waals surface area contributed by atoms with Gasteiger partial charge in [-0.3, -0.25) is 9.59 Å². The smallest absolute Gasteiger partial charge is 0.341 e. The highest BCUT2D eigenvalue weighted by atomic mass is 32.1. The molecule has 0 bridgehead atoms. The van der Waals surface area contributed by atoms with Gasteiger partial charge in [-0.25, -0.2) is 4.79 Å². The van der Waals surface area contributed by atoms with Crippen LogP contribution >= 0.6 is 22.7 Å². The number of methoxy groups -OCH3 is 2. The van der Waals surface area contributed by atoms with Crippen LogP contribution in [0.15, 0.2) is 41.1 Å². The zero-order chi connectivity index (χ0) is 23.8. The van der Waals surface area contributed by atoms with Crippen LogP contribution in [0.5, 0.6) is 11.5 Å². The topological polar surface area (TPSA) is 100 Å². The monoisotopic (exact) mass is 489 g/mol. The Labute approximate surface area is 199 Å². The predicted octanol–water partition coefficient (Wildman–Crippen LogP) is 4.39. The van der Waals surface area contributed by atoms with Crippen molar-refractivity contribution in [2.45, 2.75) is 13.3 Å². The molecule has 0 atom stereocenters. The van der Waals surface area contributed by atoms with Gasteiger partial charge >= 0.3 is 11.9 Å². The molecule has 33 heavy (non-hydrogen) atoms. The average Bonchev–Trinajstić information content (AvgIpc) is 3.47. The molecule has 174 valence electrons. The standard InChI is InChI=1S/C23H23NO7S2/c1-4-30-23(27)21-15(18-6-5-9-32-18)13-33-22(21)24-19(25)12-31-20(26)11-14-7-8-16(28-2)17(10-14)29-3/h5-10,13H,4,11-12H2,1-3H3,(H,24,25). The van der Waals surface area contributed by atoms with E-state index < -0.39 is 24.5 Å². The summed E-state index contributed by atoms with van der Waals surface area (Å²) in [6.45, 7) is 1.44. The summed E-state index contributed by atoms with van der Waals surface area (Å²) in [6.07, 6.45) is -0.0385. The minimum Gasteiger partial charge on any atom is -0.493 e. The number of anilines is 1. The molecular formula is C23H23NO7S2. The Bertz CT molecular complexity index is 1120. The first-order valence-electron chi connectivity index (χ1n) is 9.95. The Morgan fingerprint density at radius 2 is 1.79 bits per heavy atom. The van der Waals surface area contributed by atoms with Crippen LogP contribution < -0.4 is 14.8 Å². The molecule has 0 saturated carbocycles. The van der Waals surface area contributed by atoms with Gasteiger partial charge in [0.25, 0.3) is 5.91 Å². The molecule has 0 aliphatic carbocycles. The number of thiophene rings is 2. The van der Waals surface area contributed by atoms with E-state index in [1.165, 1.54) is 36.9 Å². The minimum atomic E-state index is -0.576. The SMILES string of the molecule is CCOC(=O)c1c(-c2cccs2)csc1NC(=O)COC(=O)Cc1ccc(OC)c(OC)c1. The highest BCUT2D eigenvalue weighted by molar-refractivity contribution is 7.17. The molecule has 2 heterocycles. The van der Waals surface area contributed by atoms with Gasteiger partial charge in [-0.15, -0.1) is 22.7 Å². The van der Waals surface area contributed by atoms with E-state index in [-0.39, 0.29) is 18.6 Å². The second kappa shape index (κ2) is 11.5. The third-order valence-corrected chi connectivity index (χ3v) is 6.27. The van der Waals surface area contributed by atoms with Gasteiger partial charge in [0.2, 0.25) is 0 Å². The zero-order valence-corrected chi connectivity index (χ0v) is 20.0. The number of carbonyl (C=O) groups excluding carboxylic acids is 3. The highest BCUT2D eigenvalue weighted by Crippen LogP contribution is 2.38. The predicted molar refractivity (Wildman–Crippen MR) is 126 cm³/mol. The summed E-state index contributed by atoms with van der Waals surface area (Å²) in [6, 6.07) is 8.84. The van der Waals surface area contributed by atoms with Crippen LogP contribution in [0, 0.1) is 0 Å². The molecule has 10 heteroatoms. The Morgan fingerprint density at radius 3 is 2.45 bits per heavy atom. The normalized spacial score (nSPS) is 10.4. The van der Waals surface area contributed by atoms with Gasteiger partial charge in [-0.05, 0) is 36.1 Å². The molecule has 0 aliphatic rings. The van der Waals surface area contributed by atoms with Gasteiger partial charge in [0.05, 0.1) is 27.2 Å². The third-order valence-electron chi connectivity index (χ3n) is 4.47. The van der Waals surface area contributed by atoms with Gasteiger partial charge in [0, 0.05) is 15.8 Å². The molecule has 0 radical (unpaired) electrons. The van der Waals surface area contributed by atoms with E-state index in [4.69, 9.17) is 18.9 Å². The molecule has 0 fully saturated rings. The fourth-order valence-electron chi connectivity index (χ4n) is 2.99. The molecule has 1 N–H and O–H groups in total. The summed E-state index contributed by atoms with van der Waals surface area (Å²) in [4.78, 5) is 38.0. The van der Waals surface area contributed by atoms with Gasteiger partial charge in [-0.1, -0.05) is 12.1 Å². The number of carbonyl (C=O) groups is 3. The van der Waals surface area contributed by atoms with Crippen LogP contribution in [-0.4, -0.2) is 45.3 Å². The first kappa shape index (κ1) is 24.3. The Morgan fingerprint density at radius 1 is 1.00 bits per heavy atom. The fraction of sp³-hybridized carbons (Fsp3) is 0.261. The molecule has 1 aromatic carbocycles. The van der Waals surface area contributed by atoms with E-state index in [0.717, 1.165) is 4.88 Å². The average molecular weight is 490 g/mol. The van der Waals surface area contributed by atoms with Crippen LogP contribution in [0.25, 0.3) is 10.4 Å². The largest absolute Gasteiger partial charge is 0.493 e. The molecule has 0 saturated heterocycles. The molecule has 1 amide bonds.